The molecule has 0 aliphatic heterocycles. The molecule has 0 saturated heterocycles. The maximum atomic E-state index is 12.1. The van der Waals surface area contributed by atoms with Gasteiger partial charge in [-0.25, -0.2) is 4.57 Å². The molecule has 1 unspecified atom stereocenters. The van der Waals surface area contributed by atoms with Crippen LogP contribution < -0.4 is 5.32 Å². The first kappa shape index (κ1) is 48.8. The van der Waals surface area contributed by atoms with Gasteiger partial charge in [0.25, 0.3) is 0 Å². The van der Waals surface area contributed by atoms with Crippen molar-refractivity contribution in [2.24, 2.45) is 0 Å². The molecule has 0 aliphatic rings. The third kappa shape index (κ3) is 39.6. The SMILES string of the molecule is CCCCCCCC/C=C\CCCCCCCC(=O)NCCOP(=O)(O)OC[C@H](O)CO/C=C\CCCCCCCCCCCCCCCC. The minimum atomic E-state index is -4.33. The van der Waals surface area contributed by atoms with Gasteiger partial charge in [-0.15, -0.1) is 0 Å². The van der Waals surface area contributed by atoms with Crippen LogP contribution in [0.15, 0.2) is 24.5 Å². The van der Waals surface area contributed by atoms with E-state index in [-0.39, 0.29) is 32.3 Å². The molecule has 0 rings (SSSR count). The Morgan fingerprint density at radius 2 is 1.02 bits per heavy atom. The average Bonchev–Trinajstić information content (AvgIpc) is 3.10. The molecular formula is C41H80NO7P. The average molecular weight is 730 g/mol. The lowest BCUT2D eigenvalue weighted by molar-refractivity contribution is -0.121. The zero-order valence-electron chi connectivity index (χ0n) is 32.6. The van der Waals surface area contributed by atoms with Crippen LogP contribution in [-0.4, -0.2) is 48.4 Å². The van der Waals surface area contributed by atoms with E-state index in [1.165, 1.54) is 141 Å². The molecular weight excluding hydrogens is 649 g/mol. The molecule has 2 atom stereocenters. The molecule has 0 aromatic heterocycles. The number of unbranched alkanes of at least 4 members (excludes halogenated alkanes) is 25. The summed E-state index contributed by atoms with van der Waals surface area (Å²) in [6.07, 6.45) is 42.9. The van der Waals surface area contributed by atoms with E-state index in [1.54, 1.807) is 6.26 Å². The Morgan fingerprint density at radius 1 is 0.600 bits per heavy atom. The van der Waals surface area contributed by atoms with Crippen LogP contribution in [0.5, 0.6) is 0 Å². The van der Waals surface area contributed by atoms with Crippen molar-refractivity contribution in [2.75, 3.05) is 26.4 Å². The largest absolute Gasteiger partial charge is 0.499 e. The summed E-state index contributed by atoms with van der Waals surface area (Å²) in [5.74, 6) is -0.0927. The number of allylic oxidation sites excluding steroid dienone is 3. The quantitative estimate of drug-likeness (QED) is 0.0249. The number of aliphatic hydroxyl groups is 1. The Labute approximate surface area is 308 Å². The van der Waals surface area contributed by atoms with Crippen molar-refractivity contribution in [1.82, 2.24) is 5.32 Å². The highest BCUT2D eigenvalue weighted by molar-refractivity contribution is 7.47. The van der Waals surface area contributed by atoms with Crippen LogP contribution in [0.1, 0.15) is 200 Å². The van der Waals surface area contributed by atoms with Crippen molar-refractivity contribution >= 4 is 13.7 Å². The Balaban J connectivity index is 3.54. The van der Waals surface area contributed by atoms with E-state index >= 15 is 0 Å². The molecule has 0 aromatic carbocycles. The zero-order valence-corrected chi connectivity index (χ0v) is 33.5. The Kier molecular flexibility index (Phi) is 38.1. The van der Waals surface area contributed by atoms with Crippen molar-refractivity contribution in [1.29, 1.82) is 0 Å². The fourth-order valence-corrected chi connectivity index (χ4v) is 6.58. The van der Waals surface area contributed by atoms with Gasteiger partial charge in [-0.2, -0.15) is 0 Å². The number of rotatable bonds is 40. The topological polar surface area (TPSA) is 114 Å². The Bertz CT molecular complexity index is 823. The fourth-order valence-electron chi connectivity index (χ4n) is 5.82. The van der Waals surface area contributed by atoms with Crippen molar-refractivity contribution in [3.8, 4) is 0 Å². The van der Waals surface area contributed by atoms with E-state index in [2.05, 4.69) is 31.3 Å². The number of nitrogens with one attached hydrogen (secondary N) is 1. The minimum Gasteiger partial charge on any atom is -0.499 e. The summed E-state index contributed by atoms with van der Waals surface area (Å²) in [5.41, 5.74) is 0. The smallest absolute Gasteiger partial charge is 0.472 e. The second-order valence-electron chi connectivity index (χ2n) is 14.0. The van der Waals surface area contributed by atoms with Crippen LogP contribution in [0, 0.1) is 0 Å². The summed E-state index contributed by atoms with van der Waals surface area (Å²) in [5, 5.41) is 12.7. The highest BCUT2D eigenvalue weighted by atomic mass is 31.2. The molecule has 0 aromatic rings. The summed E-state index contributed by atoms with van der Waals surface area (Å²) < 4.78 is 27.2. The molecule has 0 radical (unpaired) electrons. The van der Waals surface area contributed by atoms with Crippen LogP contribution in [0.3, 0.4) is 0 Å². The minimum absolute atomic E-state index is 0.0400. The molecule has 0 aliphatic carbocycles. The maximum Gasteiger partial charge on any atom is 0.472 e. The molecule has 0 saturated carbocycles. The Hall–Kier alpha value is -1.18. The normalized spacial score (nSPS) is 13.7. The number of carbonyl (C=O) groups excluding carboxylic acids is 1. The first-order valence-corrected chi connectivity index (χ1v) is 22.4. The lowest BCUT2D eigenvalue weighted by atomic mass is 10.0. The van der Waals surface area contributed by atoms with Crippen LogP contribution in [-0.2, 0) is 23.1 Å². The zero-order chi connectivity index (χ0) is 36.6. The second kappa shape index (κ2) is 39.0. The Morgan fingerprint density at radius 3 is 1.50 bits per heavy atom. The van der Waals surface area contributed by atoms with E-state index in [0.29, 0.717) is 6.42 Å². The van der Waals surface area contributed by atoms with Gasteiger partial charge in [-0.3, -0.25) is 13.8 Å². The maximum absolute atomic E-state index is 12.1. The number of phosphoric acid groups is 1. The van der Waals surface area contributed by atoms with Crippen LogP contribution in [0.2, 0.25) is 0 Å². The van der Waals surface area contributed by atoms with E-state index in [0.717, 1.165) is 38.5 Å². The highest BCUT2D eigenvalue weighted by Crippen LogP contribution is 2.42. The number of hydrogen-bond donors (Lipinski definition) is 3. The molecule has 0 spiro atoms. The molecule has 1 amide bonds. The number of ether oxygens (including phenoxy) is 1. The number of aliphatic hydroxyl groups excluding tert-OH is 1. The van der Waals surface area contributed by atoms with Crippen LogP contribution in [0.4, 0.5) is 0 Å². The molecule has 50 heavy (non-hydrogen) atoms. The summed E-state index contributed by atoms with van der Waals surface area (Å²) in [6, 6.07) is 0. The molecule has 0 heterocycles. The summed E-state index contributed by atoms with van der Waals surface area (Å²) >= 11 is 0. The van der Waals surface area contributed by atoms with E-state index in [4.69, 9.17) is 13.8 Å². The first-order chi connectivity index (χ1) is 24.4. The second-order valence-corrected chi connectivity index (χ2v) is 15.5. The lowest BCUT2D eigenvalue weighted by Gasteiger charge is -2.15. The molecule has 9 heteroatoms. The third-order valence-electron chi connectivity index (χ3n) is 8.98. The van der Waals surface area contributed by atoms with Crippen molar-refractivity contribution < 1.29 is 33.1 Å². The van der Waals surface area contributed by atoms with Crippen LogP contribution in [0.25, 0.3) is 0 Å². The number of phosphoric ester groups is 1. The van der Waals surface area contributed by atoms with Crippen molar-refractivity contribution in [2.45, 2.75) is 206 Å². The highest BCUT2D eigenvalue weighted by Gasteiger charge is 2.22. The van der Waals surface area contributed by atoms with Gasteiger partial charge < -0.3 is 20.1 Å². The van der Waals surface area contributed by atoms with Crippen molar-refractivity contribution in [3.05, 3.63) is 24.5 Å². The van der Waals surface area contributed by atoms with Crippen molar-refractivity contribution in [3.63, 3.8) is 0 Å². The number of hydrogen-bond acceptors (Lipinski definition) is 6. The molecule has 0 bridgehead atoms. The summed E-state index contributed by atoms with van der Waals surface area (Å²) in [6.45, 7) is 4.06. The lowest BCUT2D eigenvalue weighted by Crippen LogP contribution is -2.27. The number of carbonyl (C=O) groups is 1. The number of amides is 1. The molecule has 8 nitrogen and oxygen atoms in total. The fraction of sp³-hybridized carbons (Fsp3) is 0.878. The van der Waals surface area contributed by atoms with E-state index < -0.39 is 13.9 Å². The van der Waals surface area contributed by atoms with Gasteiger partial charge in [0, 0.05) is 13.0 Å². The van der Waals surface area contributed by atoms with Gasteiger partial charge in [0.1, 0.15) is 12.7 Å². The van der Waals surface area contributed by atoms with Gasteiger partial charge in [0.2, 0.25) is 5.91 Å². The first-order valence-electron chi connectivity index (χ1n) is 20.9. The molecule has 0 fully saturated rings. The van der Waals surface area contributed by atoms with Gasteiger partial charge >= 0.3 is 7.82 Å². The molecule has 296 valence electrons. The van der Waals surface area contributed by atoms with Gasteiger partial charge in [0.05, 0.1) is 19.5 Å². The summed E-state index contributed by atoms with van der Waals surface area (Å²) in [4.78, 5) is 21.9. The van der Waals surface area contributed by atoms with E-state index in [1.807, 2.05) is 6.08 Å². The predicted molar refractivity (Wildman–Crippen MR) is 210 cm³/mol. The third-order valence-corrected chi connectivity index (χ3v) is 9.96. The van der Waals surface area contributed by atoms with Gasteiger partial charge in [-0.05, 0) is 51.0 Å². The van der Waals surface area contributed by atoms with Gasteiger partial charge in [0.15, 0.2) is 0 Å². The van der Waals surface area contributed by atoms with Crippen LogP contribution >= 0.6 is 7.82 Å². The van der Waals surface area contributed by atoms with Gasteiger partial charge in [-0.1, -0.05) is 161 Å². The standard InChI is InChI=1S/C41H80NO7P/c1-3-5-7-9-11-13-15-17-19-21-23-25-27-29-31-33-36-47-38-40(43)39-49-50(45,46)48-37-35-42-41(44)34-32-30-28-26-24-22-20-18-16-14-12-10-8-6-4-2/h18,20,33,36,40,43H,3-17,19,21-32,34-35,37-39H2,1-2H3,(H,42,44)(H,45,46)/b20-18-,36-33-/t40-/m1/s1. The monoisotopic (exact) mass is 730 g/mol. The molecule has 3 N–H and O–H groups in total. The summed E-state index contributed by atoms with van der Waals surface area (Å²) in [7, 11) is -4.33. The predicted octanol–water partition coefficient (Wildman–Crippen LogP) is 12.0. The van der Waals surface area contributed by atoms with E-state index in [9.17, 15) is 19.4 Å².